The van der Waals surface area contributed by atoms with Crippen LogP contribution in [0.1, 0.15) is 40.5 Å². The number of carbonyl (C=O) groups excluding carboxylic acids is 1. The van der Waals surface area contributed by atoms with Gasteiger partial charge >= 0.3 is 5.97 Å². The Hall–Kier alpha value is -1.23. The van der Waals surface area contributed by atoms with Gasteiger partial charge in [-0.1, -0.05) is 17.6 Å². The minimum atomic E-state index is -0.467. The number of ether oxygens (including phenoxy) is 1. The van der Waals surface area contributed by atoms with E-state index in [0.29, 0.717) is 0 Å². The zero-order chi connectivity index (χ0) is 11.9. The molecule has 2 heteroatoms. The molecule has 84 valence electrons. The Kier molecular flexibility index (Phi) is 5.77. The predicted molar refractivity (Wildman–Crippen MR) is 62.2 cm³/mol. The Labute approximate surface area is 92.7 Å². The van der Waals surface area contributed by atoms with Gasteiger partial charge in [0.2, 0.25) is 0 Å². The van der Waals surface area contributed by atoms with Crippen molar-refractivity contribution >= 4 is 5.97 Å². The molecule has 0 aromatic carbocycles. The van der Waals surface area contributed by atoms with E-state index in [0.717, 1.165) is 12.8 Å². The largest absolute Gasteiger partial charge is 0.459 e. The maximum atomic E-state index is 10.8. The van der Waals surface area contributed by atoms with Crippen molar-refractivity contribution in [2.45, 2.75) is 40.5 Å². The SMILES string of the molecule is COC(=O)C#CC(C)(C)CCC=C(C)C. The van der Waals surface area contributed by atoms with Crippen molar-refractivity contribution in [2.24, 2.45) is 5.41 Å². The summed E-state index contributed by atoms with van der Waals surface area (Å²) in [5.41, 5.74) is 1.17. The zero-order valence-corrected chi connectivity index (χ0v) is 10.3. The maximum absolute atomic E-state index is 10.8. The van der Waals surface area contributed by atoms with E-state index >= 15 is 0 Å². The van der Waals surface area contributed by atoms with E-state index in [9.17, 15) is 4.79 Å². The molecule has 0 unspecified atom stereocenters. The van der Waals surface area contributed by atoms with E-state index in [2.05, 4.69) is 36.5 Å². The molecule has 15 heavy (non-hydrogen) atoms. The highest BCUT2D eigenvalue weighted by molar-refractivity contribution is 5.88. The van der Waals surface area contributed by atoms with Crippen LogP contribution in [-0.4, -0.2) is 13.1 Å². The molecule has 0 aromatic heterocycles. The van der Waals surface area contributed by atoms with Gasteiger partial charge in [-0.2, -0.15) is 0 Å². The van der Waals surface area contributed by atoms with Crippen LogP contribution in [0.15, 0.2) is 11.6 Å². The fraction of sp³-hybridized carbons (Fsp3) is 0.615. The fourth-order valence-corrected chi connectivity index (χ4v) is 1.06. The Morgan fingerprint density at radius 3 is 2.47 bits per heavy atom. The normalized spacial score (nSPS) is 9.93. The second-order valence-corrected chi connectivity index (χ2v) is 4.45. The highest BCUT2D eigenvalue weighted by Crippen LogP contribution is 2.21. The summed E-state index contributed by atoms with van der Waals surface area (Å²) in [4.78, 5) is 10.8. The molecule has 0 amide bonds. The molecule has 0 aliphatic rings. The van der Waals surface area contributed by atoms with Gasteiger partial charge in [0.25, 0.3) is 0 Å². The van der Waals surface area contributed by atoms with Gasteiger partial charge in [0.1, 0.15) is 0 Å². The lowest BCUT2D eigenvalue weighted by atomic mass is 9.88. The second kappa shape index (κ2) is 6.29. The number of hydrogen-bond donors (Lipinski definition) is 0. The molecule has 0 rings (SSSR count). The monoisotopic (exact) mass is 208 g/mol. The van der Waals surface area contributed by atoms with Gasteiger partial charge < -0.3 is 4.74 Å². The molecule has 0 fully saturated rings. The highest BCUT2D eigenvalue weighted by atomic mass is 16.5. The lowest BCUT2D eigenvalue weighted by Crippen LogP contribution is -2.08. The van der Waals surface area contributed by atoms with Crippen LogP contribution in [0.4, 0.5) is 0 Å². The first kappa shape index (κ1) is 13.8. The molecule has 2 nitrogen and oxygen atoms in total. The molecular formula is C13H20O2. The minimum Gasteiger partial charge on any atom is -0.459 e. The number of hydrogen-bond acceptors (Lipinski definition) is 2. The second-order valence-electron chi connectivity index (χ2n) is 4.45. The van der Waals surface area contributed by atoms with Crippen LogP contribution >= 0.6 is 0 Å². The van der Waals surface area contributed by atoms with E-state index in [-0.39, 0.29) is 5.41 Å². The van der Waals surface area contributed by atoms with Gasteiger partial charge in [-0.25, -0.2) is 4.79 Å². The van der Waals surface area contributed by atoms with Crippen LogP contribution in [0.3, 0.4) is 0 Å². The van der Waals surface area contributed by atoms with Gasteiger partial charge in [-0.05, 0) is 40.5 Å². The molecule has 0 heterocycles. The van der Waals surface area contributed by atoms with Gasteiger partial charge in [0, 0.05) is 11.3 Å². The lowest BCUT2D eigenvalue weighted by Gasteiger charge is -2.15. The van der Waals surface area contributed by atoms with Crippen LogP contribution in [-0.2, 0) is 9.53 Å². The molecule has 0 radical (unpaired) electrons. The summed E-state index contributed by atoms with van der Waals surface area (Å²) in [5.74, 6) is 4.94. The molecule has 0 saturated heterocycles. The summed E-state index contributed by atoms with van der Waals surface area (Å²) in [5, 5.41) is 0. The summed E-state index contributed by atoms with van der Waals surface area (Å²) in [6.07, 6.45) is 4.12. The van der Waals surface area contributed by atoms with Crippen molar-refractivity contribution in [3.05, 3.63) is 11.6 Å². The molecule has 0 aliphatic heterocycles. The third-order valence-corrected chi connectivity index (χ3v) is 2.01. The standard InChI is InChI=1S/C13H20O2/c1-11(2)7-6-9-13(3,4)10-8-12(14)15-5/h7H,6,9H2,1-5H3. The third kappa shape index (κ3) is 7.81. The van der Waals surface area contributed by atoms with E-state index in [4.69, 9.17) is 0 Å². The molecule has 0 aliphatic carbocycles. The average molecular weight is 208 g/mol. The van der Waals surface area contributed by atoms with E-state index in [1.165, 1.54) is 12.7 Å². The van der Waals surface area contributed by atoms with Crippen molar-refractivity contribution in [1.82, 2.24) is 0 Å². The first-order chi connectivity index (χ1) is 6.87. The lowest BCUT2D eigenvalue weighted by molar-refractivity contribution is -0.133. The number of allylic oxidation sites excluding steroid dienone is 2. The van der Waals surface area contributed by atoms with Crippen molar-refractivity contribution in [3.63, 3.8) is 0 Å². The van der Waals surface area contributed by atoms with Gasteiger partial charge in [0.05, 0.1) is 7.11 Å². The molecule has 0 aromatic rings. The smallest absolute Gasteiger partial charge is 0.384 e. The number of rotatable bonds is 3. The Morgan fingerprint density at radius 2 is 2.00 bits per heavy atom. The minimum absolute atomic E-state index is 0.139. The van der Waals surface area contributed by atoms with Gasteiger partial charge in [-0.15, -0.1) is 0 Å². The Morgan fingerprint density at radius 1 is 1.40 bits per heavy atom. The number of esters is 1. The molecular weight excluding hydrogens is 188 g/mol. The first-order valence-electron chi connectivity index (χ1n) is 5.12. The Bertz CT molecular complexity index is 296. The van der Waals surface area contributed by atoms with Crippen molar-refractivity contribution in [2.75, 3.05) is 7.11 Å². The number of carbonyl (C=O) groups is 1. The number of methoxy groups -OCH3 is 1. The molecule has 0 bridgehead atoms. The topological polar surface area (TPSA) is 26.3 Å². The molecule has 0 saturated carbocycles. The van der Waals surface area contributed by atoms with Crippen molar-refractivity contribution < 1.29 is 9.53 Å². The molecule has 0 N–H and O–H groups in total. The summed E-state index contributed by atoms with van der Waals surface area (Å²) >= 11 is 0. The van der Waals surface area contributed by atoms with Gasteiger partial charge in [0.15, 0.2) is 0 Å². The quantitative estimate of drug-likeness (QED) is 0.308. The zero-order valence-electron chi connectivity index (χ0n) is 10.3. The molecule has 0 atom stereocenters. The van der Waals surface area contributed by atoms with E-state index < -0.39 is 5.97 Å². The van der Waals surface area contributed by atoms with Crippen LogP contribution in [0.25, 0.3) is 0 Å². The summed E-state index contributed by atoms with van der Waals surface area (Å²) in [6.45, 7) is 8.21. The van der Waals surface area contributed by atoms with Crippen LogP contribution in [0.5, 0.6) is 0 Å². The third-order valence-electron chi connectivity index (χ3n) is 2.01. The maximum Gasteiger partial charge on any atom is 0.384 e. The predicted octanol–water partition coefficient (Wildman–Crippen LogP) is 2.94. The summed E-state index contributed by atoms with van der Waals surface area (Å²) in [6, 6.07) is 0. The summed E-state index contributed by atoms with van der Waals surface area (Å²) < 4.78 is 4.46. The van der Waals surface area contributed by atoms with Crippen molar-refractivity contribution in [3.8, 4) is 11.8 Å². The average Bonchev–Trinajstić information content (AvgIpc) is 2.13. The van der Waals surface area contributed by atoms with E-state index in [1.54, 1.807) is 0 Å². The highest BCUT2D eigenvalue weighted by Gasteiger charge is 2.13. The molecule has 0 spiro atoms. The summed E-state index contributed by atoms with van der Waals surface area (Å²) in [7, 11) is 1.34. The first-order valence-corrected chi connectivity index (χ1v) is 5.12. The fourth-order valence-electron chi connectivity index (χ4n) is 1.06. The van der Waals surface area contributed by atoms with Crippen LogP contribution in [0, 0.1) is 17.3 Å². The van der Waals surface area contributed by atoms with Crippen molar-refractivity contribution in [1.29, 1.82) is 0 Å². The van der Waals surface area contributed by atoms with Crippen LogP contribution < -0.4 is 0 Å². The van der Waals surface area contributed by atoms with Gasteiger partial charge in [-0.3, -0.25) is 0 Å². The Balaban J connectivity index is 4.22. The van der Waals surface area contributed by atoms with Crippen LogP contribution in [0.2, 0.25) is 0 Å². The van der Waals surface area contributed by atoms with E-state index in [1.807, 2.05) is 13.8 Å².